The van der Waals surface area contributed by atoms with Crippen LogP contribution < -0.4 is 76.9 Å². The molecule has 0 aromatic heterocycles. The van der Waals surface area contributed by atoms with Crippen LogP contribution in [0.2, 0.25) is 0 Å². The van der Waals surface area contributed by atoms with Crippen LogP contribution in [0.4, 0.5) is 0 Å². The predicted molar refractivity (Wildman–Crippen MR) is 284 cm³/mol. The number of unbranched alkanes of at least 4 members (excludes halogenated alkanes) is 2. The van der Waals surface area contributed by atoms with Crippen LogP contribution in [0.3, 0.4) is 0 Å². The van der Waals surface area contributed by atoms with Gasteiger partial charge in [0.15, 0.2) is 5.96 Å². The van der Waals surface area contributed by atoms with E-state index in [4.69, 9.17) is 39.8 Å². The zero-order valence-electron chi connectivity index (χ0n) is 44.8. The van der Waals surface area contributed by atoms with Crippen LogP contribution in [0.5, 0.6) is 5.75 Å². The van der Waals surface area contributed by atoms with Gasteiger partial charge in [-0.3, -0.25) is 53.4 Å². The summed E-state index contributed by atoms with van der Waals surface area (Å²) in [5.74, 6) is -9.07. The van der Waals surface area contributed by atoms with Gasteiger partial charge < -0.3 is 82.0 Å². The normalized spacial score (nSPS) is 14.3. The Morgan fingerprint density at radius 2 is 0.842 bits per heavy atom. The molecule has 0 radical (unpaired) electrons. The summed E-state index contributed by atoms with van der Waals surface area (Å²) in [5.41, 5.74) is 33.6. The lowest BCUT2D eigenvalue weighted by molar-refractivity contribution is -0.136. The summed E-state index contributed by atoms with van der Waals surface area (Å²) in [6.07, 6.45) is 1.62. The van der Waals surface area contributed by atoms with Crippen molar-refractivity contribution >= 4 is 65.0 Å². The van der Waals surface area contributed by atoms with Crippen molar-refractivity contribution in [2.45, 2.75) is 173 Å². The fourth-order valence-corrected chi connectivity index (χ4v) is 7.81. The van der Waals surface area contributed by atoms with E-state index in [0.717, 1.165) is 0 Å². The second kappa shape index (κ2) is 36.0. The fraction of sp³-hybridized carbons (Fsp3) is 0.660. The van der Waals surface area contributed by atoms with Gasteiger partial charge in [-0.1, -0.05) is 46.8 Å². The number of nitrogens with one attached hydrogen (secondary N) is 9. The van der Waals surface area contributed by atoms with E-state index in [-0.39, 0.29) is 107 Å². The molecule has 0 saturated carbocycles. The van der Waals surface area contributed by atoms with Crippen molar-refractivity contribution in [3.8, 4) is 5.75 Å². The summed E-state index contributed by atoms with van der Waals surface area (Å²) in [7, 11) is 0. The maximum Gasteiger partial charge on any atom is 0.243 e. The summed E-state index contributed by atoms with van der Waals surface area (Å²) >= 11 is 0. The molecule has 1 aromatic carbocycles. The highest BCUT2D eigenvalue weighted by Gasteiger charge is 2.35. The van der Waals surface area contributed by atoms with Crippen LogP contribution in [0, 0.1) is 23.2 Å². The van der Waals surface area contributed by atoms with Gasteiger partial charge in [0, 0.05) is 31.7 Å². The number of nitrogens with two attached hydrogens (primary N) is 6. The van der Waals surface area contributed by atoms with Gasteiger partial charge >= 0.3 is 0 Å². The lowest BCUT2D eigenvalue weighted by Crippen LogP contribution is -2.60. The molecule has 0 aliphatic rings. The van der Waals surface area contributed by atoms with E-state index in [1.807, 2.05) is 27.7 Å². The van der Waals surface area contributed by atoms with E-state index in [1.54, 1.807) is 0 Å². The summed E-state index contributed by atoms with van der Waals surface area (Å²) in [5, 5.41) is 38.9. The van der Waals surface area contributed by atoms with Crippen LogP contribution in [0.25, 0.3) is 0 Å². The quantitative estimate of drug-likeness (QED) is 0.0186. The number of phenolic OH excluding ortho intramolecular Hbond substituents is 1. The molecule has 0 fully saturated rings. The Kier molecular flexibility index (Phi) is 31.7. The highest BCUT2D eigenvalue weighted by molar-refractivity contribution is 5.98. The molecule has 0 aliphatic carbocycles. The van der Waals surface area contributed by atoms with E-state index in [1.165, 1.54) is 31.2 Å². The van der Waals surface area contributed by atoms with E-state index < -0.39 is 107 Å². The number of hydrogen-bond donors (Lipinski definition) is 16. The minimum atomic E-state index is -1.47. The van der Waals surface area contributed by atoms with Gasteiger partial charge in [0.2, 0.25) is 59.1 Å². The highest BCUT2D eigenvalue weighted by atomic mass is 16.3. The number of primary amides is 3. The number of carbonyl (C=O) groups is 10. The SMILES string of the molecule is CC(C)C[C@H](NC(=O)[C@H](CC(C)C)NC(=O)[C@H](CCCCN)NC(=O)[C@H](CCCNC(=N)N)NC(=O)[C@H](Cc1ccc(O)cc1)NC(=O)[C@H](CCC(N)=O)NC(=O)[C@@H](C)CCC(N)=O)C(=O)N[C@@H](CCCCN)C(N)=O. The van der Waals surface area contributed by atoms with Crippen molar-refractivity contribution in [3.63, 3.8) is 0 Å². The van der Waals surface area contributed by atoms with Crippen LogP contribution in [0.15, 0.2) is 24.3 Å². The first-order chi connectivity index (χ1) is 35.8. The highest BCUT2D eigenvalue weighted by Crippen LogP contribution is 2.15. The zero-order valence-corrected chi connectivity index (χ0v) is 44.8. The molecule has 1 aromatic rings. The number of phenols is 1. The molecule has 0 saturated heterocycles. The van der Waals surface area contributed by atoms with Crippen molar-refractivity contribution in [3.05, 3.63) is 29.8 Å². The molecule has 0 aliphatic heterocycles. The smallest absolute Gasteiger partial charge is 0.243 e. The Morgan fingerprint density at radius 3 is 1.28 bits per heavy atom. The summed E-state index contributed by atoms with van der Waals surface area (Å²) in [6, 6.07) is -3.24. The Bertz CT molecular complexity index is 2080. The van der Waals surface area contributed by atoms with Gasteiger partial charge in [-0.05, 0) is 120 Å². The number of rotatable bonds is 39. The Labute approximate surface area is 445 Å². The van der Waals surface area contributed by atoms with Crippen molar-refractivity contribution < 1.29 is 53.1 Å². The third-order valence-corrected chi connectivity index (χ3v) is 12.1. The largest absolute Gasteiger partial charge is 0.508 e. The maximum absolute atomic E-state index is 14.5. The molecule has 0 heterocycles. The lowest BCUT2D eigenvalue weighted by atomic mass is 9.99. The van der Waals surface area contributed by atoms with Crippen LogP contribution in [0.1, 0.15) is 130 Å². The lowest BCUT2D eigenvalue weighted by Gasteiger charge is -2.29. The molecule has 76 heavy (non-hydrogen) atoms. The van der Waals surface area contributed by atoms with Crippen molar-refractivity contribution in [2.24, 2.45) is 52.2 Å². The molecule has 1 rings (SSSR count). The average molecular weight is 1070 g/mol. The van der Waals surface area contributed by atoms with Crippen LogP contribution in [-0.2, 0) is 54.4 Å². The van der Waals surface area contributed by atoms with Gasteiger partial charge in [0.05, 0.1) is 0 Å². The molecule has 8 atom stereocenters. The zero-order chi connectivity index (χ0) is 57.5. The van der Waals surface area contributed by atoms with E-state index in [9.17, 15) is 53.1 Å². The van der Waals surface area contributed by atoms with Crippen molar-refractivity contribution in [2.75, 3.05) is 19.6 Å². The number of hydrogen-bond acceptors (Lipinski definition) is 14. The molecule has 428 valence electrons. The third kappa shape index (κ3) is 28.0. The van der Waals surface area contributed by atoms with Crippen LogP contribution in [-0.4, -0.2) is 132 Å². The Morgan fingerprint density at radius 1 is 0.474 bits per heavy atom. The first kappa shape index (κ1) is 66.9. The molecule has 0 spiro atoms. The minimum Gasteiger partial charge on any atom is -0.508 e. The third-order valence-electron chi connectivity index (χ3n) is 12.1. The minimum absolute atomic E-state index is 0.0352. The van der Waals surface area contributed by atoms with E-state index in [2.05, 4.69) is 42.5 Å². The molecule has 26 nitrogen and oxygen atoms in total. The van der Waals surface area contributed by atoms with Gasteiger partial charge in [-0.2, -0.15) is 0 Å². The molecule has 22 N–H and O–H groups in total. The van der Waals surface area contributed by atoms with Gasteiger partial charge in [-0.25, -0.2) is 0 Å². The molecule has 0 bridgehead atoms. The first-order valence-corrected chi connectivity index (χ1v) is 26.0. The summed E-state index contributed by atoms with van der Waals surface area (Å²) in [4.78, 5) is 134. The van der Waals surface area contributed by atoms with Gasteiger partial charge in [0.1, 0.15) is 48.0 Å². The van der Waals surface area contributed by atoms with E-state index >= 15 is 0 Å². The standard InChI is InChI=1S/C50H87N15O11/c1-28(2)25-37(47(74)59-33(42(55)69)11-6-8-22-51)64-48(75)38(26-29(3)4)63-45(72)34(12-7-9-23-52)61-44(71)35(13-10-24-58-50(56)57)62-49(76)39(27-31-15-17-32(66)18-16-31)65-46(73)36(19-21-41(54)68)60-43(70)30(5)14-20-40(53)67/h15-18,28-30,33-39,66H,6-14,19-27,51-52H2,1-5H3,(H2,53,67)(H2,54,68)(H2,55,69)(H,59,74)(H,60,70)(H,61,71)(H,62,76)(H,63,72)(H,64,75)(H,65,73)(H4,56,57,58)/t30-,33-,34-,35-,36-,37-,38-,39-/m0/s1. The topological polar surface area (TPSA) is 467 Å². The fourth-order valence-electron chi connectivity index (χ4n) is 7.81. The van der Waals surface area contributed by atoms with E-state index in [0.29, 0.717) is 37.8 Å². The second-order valence-electron chi connectivity index (χ2n) is 19.9. The predicted octanol–water partition coefficient (Wildman–Crippen LogP) is -2.41. The number of benzene rings is 1. The monoisotopic (exact) mass is 1070 g/mol. The molecule has 10 amide bonds. The molecular weight excluding hydrogens is 987 g/mol. The average Bonchev–Trinajstić information content (AvgIpc) is 3.33. The summed E-state index contributed by atoms with van der Waals surface area (Å²) in [6.45, 7) is 9.55. The van der Waals surface area contributed by atoms with Crippen LogP contribution >= 0.6 is 0 Å². The molecule has 26 heteroatoms. The molecular formula is C50H87N15O11. The first-order valence-electron chi connectivity index (χ1n) is 26.0. The number of carbonyl (C=O) groups excluding carboxylic acids is 10. The van der Waals surface area contributed by atoms with Gasteiger partial charge in [0.25, 0.3) is 0 Å². The summed E-state index contributed by atoms with van der Waals surface area (Å²) < 4.78 is 0. The molecule has 0 unspecified atom stereocenters. The second-order valence-corrected chi connectivity index (χ2v) is 19.9. The van der Waals surface area contributed by atoms with Gasteiger partial charge in [-0.15, -0.1) is 0 Å². The number of aromatic hydroxyl groups is 1. The van der Waals surface area contributed by atoms with Crippen molar-refractivity contribution in [1.29, 1.82) is 5.41 Å². The Balaban J connectivity index is 3.66. The number of guanidine groups is 1. The Hall–Kier alpha value is -7.09. The van der Waals surface area contributed by atoms with Crippen molar-refractivity contribution in [1.82, 2.24) is 42.5 Å². The number of amides is 10. The maximum atomic E-state index is 14.5.